The summed E-state index contributed by atoms with van der Waals surface area (Å²) in [7, 11) is 3.06. The number of cyclic esters (lactones) is 1. The van der Waals surface area contributed by atoms with Crippen molar-refractivity contribution in [2.24, 2.45) is 4.99 Å². The van der Waals surface area contributed by atoms with Gasteiger partial charge in [0.25, 0.3) is 0 Å². The van der Waals surface area contributed by atoms with Crippen LogP contribution in [-0.2, 0) is 9.53 Å². The normalized spacial score (nSPS) is 14.3. The third kappa shape index (κ3) is 4.11. The Labute approximate surface area is 167 Å². The number of hydrogen-bond acceptors (Lipinski definition) is 6. The summed E-state index contributed by atoms with van der Waals surface area (Å²) in [5.41, 5.74) is 1.40. The summed E-state index contributed by atoms with van der Waals surface area (Å²) in [6.45, 7) is 0.0539. The maximum atomic E-state index is 12.2. The van der Waals surface area contributed by atoms with Crippen molar-refractivity contribution < 1.29 is 23.7 Å². The Morgan fingerprint density at radius 3 is 2.61 bits per heavy atom. The summed E-state index contributed by atoms with van der Waals surface area (Å²) in [5.74, 6) is 3.43. The highest BCUT2D eigenvalue weighted by Gasteiger charge is 2.24. The first-order valence-corrected chi connectivity index (χ1v) is 8.54. The monoisotopic (exact) mass is 397 g/mol. The van der Waals surface area contributed by atoms with Gasteiger partial charge in [0.15, 0.2) is 17.2 Å². The number of halogens is 1. The van der Waals surface area contributed by atoms with Crippen LogP contribution >= 0.6 is 11.6 Å². The van der Waals surface area contributed by atoms with Gasteiger partial charge in [-0.15, -0.1) is 6.42 Å². The van der Waals surface area contributed by atoms with E-state index in [9.17, 15) is 4.79 Å². The van der Waals surface area contributed by atoms with Crippen LogP contribution in [0.25, 0.3) is 6.08 Å². The molecule has 0 amide bonds. The van der Waals surface area contributed by atoms with E-state index in [1.54, 1.807) is 49.6 Å². The lowest BCUT2D eigenvalue weighted by Crippen LogP contribution is -2.05. The molecule has 142 valence electrons. The number of rotatable bonds is 6. The number of carbonyl (C=O) groups excluding carboxylic acids is 1. The van der Waals surface area contributed by atoms with Crippen molar-refractivity contribution in [3.63, 3.8) is 0 Å². The molecule has 6 nitrogen and oxygen atoms in total. The SMILES string of the molecule is C#CCOc1c(Cl)cc(/C=C2/N=C(c3ccc(OC)cc3)OC2=O)cc1OC. The largest absolute Gasteiger partial charge is 0.497 e. The van der Waals surface area contributed by atoms with Gasteiger partial charge in [0.05, 0.1) is 19.2 Å². The van der Waals surface area contributed by atoms with Crippen LogP contribution in [0.5, 0.6) is 17.2 Å². The number of hydrogen-bond donors (Lipinski definition) is 0. The average molecular weight is 398 g/mol. The Kier molecular flexibility index (Phi) is 5.87. The molecule has 0 saturated heterocycles. The molecule has 0 fully saturated rings. The Balaban J connectivity index is 1.91. The summed E-state index contributed by atoms with van der Waals surface area (Å²) in [6.07, 6.45) is 6.76. The smallest absolute Gasteiger partial charge is 0.363 e. The fraction of sp³-hybridized carbons (Fsp3) is 0.143. The zero-order valence-electron chi connectivity index (χ0n) is 15.2. The van der Waals surface area contributed by atoms with E-state index in [1.807, 2.05) is 0 Å². The van der Waals surface area contributed by atoms with Gasteiger partial charge in [0, 0.05) is 5.56 Å². The second-order valence-electron chi connectivity index (χ2n) is 5.59. The Hall–Kier alpha value is -3.43. The van der Waals surface area contributed by atoms with E-state index in [1.165, 1.54) is 7.11 Å². The van der Waals surface area contributed by atoms with Crippen molar-refractivity contribution in [1.29, 1.82) is 0 Å². The van der Waals surface area contributed by atoms with Crippen LogP contribution < -0.4 is 14.2 Å². The van der Waals surface area contributed by atoms with E-state index in [2.05, 4.69) is 10.9 Å². The minimum atomic E-state index is -0.562. The molecule has 1 aliphatic heterocycles. The van der Waals surface area contributed by atoms with Gasteiger partial charge in [0.1, 0.15) is 12.4 Å². The maximum absolute atomic E-state index is 12.2. The van der Waals surface area contributed by atoms with Crippen LogP contribution in [0.15, 0.2) is 47.1 Å². The van der Waals surface area contributed by atoms with Gasteiger partial charge in [0.2, 0.25) is 5.90 Å². The van der Waals surface area contributed by atoms with Gasteiger partial charge in [-0.1, -0.05) is 17.5 Å². The lowest BCUT2D eigenvalue weighted by atomic mass is 10.1. The maximum Gasteiger partial charge on any atom is 0.363 e. The number of methoxy groups -OCH3 is 2. The van der Waals surface area contributed by atoms with Gasteiger partial charge in [-0.05, 0) is 48.0 Å². The van der Waals surface area contributed by atoms with Gasteiger partial charge in [-0.25, -0.2) is 9.79 Å². The molecule has 1 heterocycles. The fourth-order valence-corrected chi connectivity index (χ4v) is 2.77. The highest BCUT2D eigenvalue weighted by atomic mass is 35.5. The molecule has 3 rings (SSSR count). The Morgan fingerprint density at radius 1 is 1.21 bits per heavy atom. The topological polar surface area (TPSA) is 66.3 Å². The van der Waals surface area contributed by atoms with E-state index in [-0.39, 0.29) is 18.2 Å². The molecular formula is C21H16ClNO5. The van der Waals surface area contributed by atoms with Crippen LogP contribution in [0, 0.1) is 12.3 Å². The van der Waals surface area contributed by atoms with Crippen molar-refractivity contribution in [2.75, 3.05) is 20.8 Å². The van der Waals surface area contributed by atoms with Crippen LogP contribution in [0.4, 0.5) is 0 Å². The molecule has 28 heavy (non-hydrogen) atoms. The summed E-state index contributed by atoms with van der Waals surface area (Å²) in [6, 6.07) is 10.3. The van der Waals surface area contributed by atoms with E-state index >= 15 is 0 Å². The number of terminal acetylenes is 1. The summed E-state index contributed by atoms with van der Waals surface area (Å²) >= 11 is 6.26. The van der Waals surface area contributed by atoms with Gasteiger partial charge < -0.3 is 18.9 Å². The molecular weight excluding hydrogens is 382 g/mol. The molecule has 0 aromatic heterocycles. The minimum absolute atomic E-state index is 0.0539. The van der Waals surface area contributed by atoms with Crippen molar-refractivity contribution in [1.82, 2.24) is 0 Å². The molecule has 1 aliphatic rings. The van der Waals surface area contributed by atoms with E-state index in [4.69, 9.17) is 37.0 Å². The second kappa shape index (κ2) is 8.51. The number of ether oxygens (including phenoxy) is 4. The molecule has 0 radical (unpaired) electrons. The molecule has 2 aromatic carbocycles. The van der Waals surface area contributed by atoms with Crippen LogP contribution in [0.2, 0.25) is 5.02 Å². The lowest BCUT2D eigenvalue weighted by Gasteiger charge is -2.11. The Morgan fingerprint density at radius 2 is 1.96 bits per heavy atom. The summed E-state index contributed by atoms with van der Waals surface area (Å²) < 4.78 is 21.1. The number of esters is 1. The predicted octanol–water partition coefficient (Wildman–Crippen LogP) is 3.71. The third-order valence-corrected chi connectivity index (χ3v) is 4.09. The third-order valence-electron chi connectivity index (χ3n) is 3.81. The standard InChI is InChI=1S/C21H16ClNO5/c1-4-9-27-19-16(22)10-13(12-18(19)26-3)11-17-21(24)28-20(23-17)14-5-7-15(25-2)8-6-14/h1,5-8,10-12H,9H2,2-3H3/b17-11+. The molecule has 0 bridgehead atoms. The van der Waals surface area contributed by atoms with Crippen LogP contribution in [0.3, 0.4) is 0 Å². The van der Waals surface area contributed by atoms with Gasteiger partial charge >= 0.3 is 5.97 Å². The highest BCUT2D eigenvalue weighted by Crippen LogP contribution is 2.37. The number of benzene rings is 2. The number of nitrogens with zero attached hydrogens (tertiary/aromatic N) is 1. The summed E-state index contributed by atoms with van der Waals surface area (Å²) in [5, 5.41) is 0.298. The molecule has 2 aromatic rings. The van der Waals surface area contributed by atoms with Crippen molar-refractivity contribution in [3.8, 4) is 29.6 Å². The van der Waals surface area contributed by atoms with Crippen molar-refractivity contribution >= 4 is 29.5 Å². The molecule has 7 heteroatoms. The van der Waals surface area contributed by atoms with E-state index < -0.39 is 5.97 Å². The highest BCUT2D eigenvalue weighted by molar-refractivity contribution is 6.32. The zero-order valence-corrected chi connectivity index (χ0v) is 15.9. The first-order chi connectivity index (χ1) is 13.5. The second-order valence-corrected chi connectivity index (χ2v) is 6.00. The van der Waals surface area contributed by atoms with Crippen LogP contribution in [-0.4, -0.2) is 32.7 Å². The number of carbonyl (C=O) groups is 1. The van der Waals surface area contributed by atoms with Crippen molar-refractivity contribution in [2.45, 2.75) is 0 Å². The van der Waals surface area contributed by atoms with Gasteiger partial charge in [-0.3, -0.25) is 0 Å². The molecule has 0 saturated carbocycles. The molecule has 0 unspecified atom stereocenters. The molecule has 0 atom stereocenters. The van der Waals surface area contributed by atoms with E-state index in [0.29, 0.717) is 33.4 Å². The van der Waals surface area contributed by atoms with E-state index in [0.717, 1.165) is 0 Å². The lowest BCUT2D eigenvalue weighted by molar-refractivity contribution is -0.129. The zero-order chi connectivity index (χ0) is 20.1. The molecule has 0 aliphatic carbocycles. The first kappa shape index (κ1) is 19.3. The summed E-state index contributed by atoms with van der Waals surface area (Å²) in [4.78, 5) is 16.5. The average Bonchev–Trinajstić information content (AvgIpc) is 3.07. The van der Waals surface area contributed by atoms with Crippen LogP contribution in [0.1, 0.15) is 11.1 Å². The van der Waals surface area contributed by atoms with Gasteiger partial charge in [-0.2, -0.15) is 0 Å². The number of aliphatic imine (C=N–C) groups is 1. The predicted molar refractivity (Wildman–Crippen MR) is 106 cm³/mol. The quantitative estimate of drug-likeness (QED) is 0.422. The first-order valence-electron chi connectivity index (χ1n) is 8.16. The fourth-order valence-electron chi connectivity index (χ4n) is 2.50. The van der Waals surface area contributed by atoms with Crippen molar-refractivity contribution in [3.05, 3.63) is 58.2 Å². The Bertz CT molecular complexity index is 1000. The molecule has 0 N–H and O–H groups in total. The minimum Gasteiger partial charge on any atom is -0.497 e. The molecule has 0 spiro atoms.